The lowest BCUT2D eigenvalue weighted by Gasteiger charge is -2.03. The minimum Gasteiger partial charge on any atom is -0.243 e. The average Bonchev–Trinajstić information content (AvgIpc) is 2.06. The zero-order valence-corrected chi connectivity index (χ0v) is 10.7. The van der Waals surface area contributed by atoms with E-state index in [9.17, 15) is 0 Å². The molecule has 0 radical (unpaired) electrons. The quantitative estimate of drug-likeness (QED) is 0.486. The molecular weight excluding hydrogens is 210 g/mol. The van der Waals surface area contributed by atoms with E-state index in [-0.39, 0.29) is 0 Å². The maximum atomic E-state index is 5.87. The van der Waals surface area contributed by atoms with Gasteiger partial charge in [0.1, 0.15) is 13.8 Å². The van der Waals surface area contributed by atoms with Crippen LogP contribution in [0, 0.1) is 18.4 Å². The molecule has 0 N–H and O–H groups in total. The Labute approximate surface area is 91.5 Å². The molecule has 1 heterocycles. The van der Waals surface area contributed by atoms with E-state index >= 15 is 0 Å². The molecule has 0 atom stereocenters. The SMILES string of the molecule is Cc1nc(C#C[Si](C)(C)C)ccc1Cl. The Hall–Kier alpha value is -0.783. The largest absolute Gasteiger partial charge is 0.243 e. The first-order valence-electron chi connectivity index (χ1n) is 4.55. The van der Waals surface area contributed by atoms with Crippen LogP contribution in [-0.4, -0.2) is 13.1 Å². The fourth-order valence-electron chi connectivity index (χ4n) is 0.865. The Kier molecular flexibility index (Phi) is 3.36. The van der Waals surface area contributed by atoms with Gasteiger partial charge in [0.2, 0.25) is 0 Å². The Morgan fingerprint density at radius 1 is 1.29 bits per heavy atom. The third-order valence-electron chi connectivity index (χ3n) is 1.59. The van der Waals surface area contributed by atoms with E-state index in [0.29, 0.717) is 5.02 Å². The Morgan fingerprint density at radius 2 is 1.93 bits per heavy atom. The van der Waals surface area contributed by atoms with E-state index in [1.54, 1.807) is 0 Å². The molecule has 1 rings (SSSR count). The summed E-state index contributed by atoms with van der Waals surface area (Å²) < 4.78 is 0. The van der Waals surface area contributed by atoms with Crippen LogP contribution in [0.5, 0.6) is 0 Å². The number of nitrogens with zero attached hydrogens (tertiary/aromatic N) is 1. The van der Waals surface area contributed by atoms with Crippen LogP contribution in [0.3, 0.4) is 0 Å². The molecule has 14 heavy (non-hydrogen) atoms. The van der Waals surface area contributed by atoms with Gasteiger partial charge in [0, 0.05) is 0 Å². The van der Waals surface area contributed by atoms with E-state index in [2.05, 4.69) is 36.1 Å². The van der Waals surface area contributed by atoms with Crippen molar-refractivity contribution >= 4 is 19.7 Å². The van der Waals surface area contributed by atoms with Crippen molar-refractivity contribution in [2.75, 3.05) is 0 Å². The fourth-order valence-corrected chi connectivity index (χ4v) is 1.47. The molecule has 0 bridgehead atoms. The number of aryl methyl sites for hydroxylation is 1. The molecule has 0 aliphatic carbocycles. The molecule has 0 spiro atoms. The third kappa shape index (κ3) is 3.53. The molecule has 0 fully saturated rings. The maximum Gasteiger partial charge on any atom is 0.129 e. The van der Waals surface area contributed by atoms with Crippen LogP contribution in [0.15, 0.2) is 12.1 Å². The first-order chi connectivity index (χ1) is 6.38. The Morgan fingerprint density at radius 3 is 2.43 bits per heavy atom. The summed E-state index contributed by atoms with van der Waals surface area (Å²) >= 11 is 5.87. The lowest BCUT2D eigenvalue weighted by Crippen LogP contribution is -2.16. The first kappa shape index (κ1) is 11.3. The van der Waals surface area contributed by atoms with Crippen LogP contribution in [0.4, 0.5) is 0 Å². The van der Waals surface area contributed by atoms with Crippen LogP contribution in [0.2, 0.25) is 24.7 Å². The predicted molar refractivity (Wildman–Crippen MR) is 64.2 cm³/mol. The second-order valence-corrected chi connectivity index (χ2v) is 9.42. The van der Waals surface area contributed by atoms with Gasteiger partial charge in [-0.05, 0) is 19.1 Å². The summed E-state index contributed by atoms with van der Waals surface area (Å²) in [6.45, 7) is 8.52. The highest BCUT2D eigenvalue weighted by atomic mass is 35.5. The predicted octanol–water partition coefficient (Wildman–Crippen LogP) is 3.27. The number of pyridine rings is 1. The second kappa shape index (κ2) is 4.16. The van der Waals surface area contributed by atoms with Gasteiger partial charge in [-0.1, -0.05) is 37.2 Å². The van der Waals surface area contributed by atoms with Gasteiger partial charge in [0.25, 0.3) is 0 Å². The maximum absolute atomic E-state index is 5.87. The molecule has 0 amide bonds. The van der Waals surface area contributed by atoms with Gasteiger partial charge in [0.15, 0.2) is 0 Å². The van der Waals surface area contributed by atoms with Crippen molar-refractivity contribution in [1.82, 2.24) is 4.98 Å². The molecule has 0 aliphatic heterocycles. The third-order valence-corrected chi connectivity index (χ3v) is 2.86. The van der Waals surface area contributed by atoms with E-state index in [0.717, 1.165) is 11.4 Å². The highest BCUT2D eigenvalue weighted by Crippen LogP contribution is 2.12. The van der Waals surface area contributed by atoms with Crippen LogP contribution in [0.1, 0.15) is 11.4 Å². The molecule has 1 aromatic rings. The highest BCUT2D eigenvalue weighted by molar-refractivity contribution is 6.83. The van der Waals surface area contributed by atoms with Crippen molar-refractivity contribution in [1.29, 1.82) is 0 Å². The molecule has 0 aliphatic rings. The van der Waals surface area contributed by atoms with Gasteiger partial charge in [-0.2, -0.15) is 0 Å². The summed E-state index contributed by atoms with van der Waals surface area (Å²) in [5.74, 6) is 3.09. The first-order valence-corrected chi connectivity index (χ1v) is 8.42. The fraction of sp³-hybridized carbons (Fsp3) is 0.364. The van der Waals surface area contributed by atoms with Gasteiger partial charge in [-0.3, -0.25) is 0 Å². The van der Waals surface area contributed by atoms with Crippen molar-refractivity contribution < 1.29 is 0 Å². The number of hydrogen-bond acceptors (Lipinski definition) is 1. The summed E-state index contributed by atoms with van der Waals surface area (Å²) in [7, 11) is -1.31. The van der Waals surface area contributed by atoms with Crippen LogP contribution in [-0.2, 0) is 0 Å². The van der Waals surface area contributed by atoms with Crippen molar-refractivity contribution in [2.24, 2.45) is 0 Å². The van der Waals surface area contributed by atoms with Crippen molar-refractivity contribution in [2.45, 2.75) is 26.6 Å². The summed E-state index contributed by atoms with van der Waals surface area (Å²) in [6.07, 6.45) is 0. The van der Waals surface area contributed by atoms with Crippen molar-refractivity contribution in [3.05, 3.63) is 28.5 Å². The Bertz CT molecular complexity index is 396. The Balaban J connectivity index is 2.98. The van der Waals surface area contributed by atoms with Gasteiger partial charge in [-0.15, -0.1) is 5.54 Å². The molecular formula is C11H14ClNSi. The normalized spacial score (nSPS) is 10.6. The van der Waals surface area contributed by atoms with Crippen molar-refractivity contribution in [3.63, 3.8) is 0 Å². The highest BCUT2D eigenvalue weighted by Gasteiger charge is 2.07. The second-order valence-electron chi connectivity index (χ2n) is 4.26. The van der Waals surface area contributed by atoms with Crippen molar-refractivity contribution in [3.8, 4) is 11.5 Å². The summed E-state index contributed by atoms with van der Waals surface area (Å²) in [4.78, 5) is 4.29. The summed E-state index contributed by atoms with van der Waals surface area (Å²) in [5.41, 5.74) is 4.92. The van der Waals surface area contributed by atoms with E-state index in [4.69, 9.17) is 11.6 Å². The van der Waals surface area contributed by atoms with E-state index in [1.165, 1.54) is 0 Å². The zero-order chi connectivity index (χ0) is 10.8. The van der Waals surface area contributed by atoms with E-state index < -0.39 is 8.07 Å². The topological polar surface area (TPSA) is 12.9 Å². The summed E-state index contributed by atoms with van der Waals surface area (Å²) in [6, 6.07) is 3.71. The van der Waals surface area contributed by atoms with Gasteiger partial charge in [0.05, 0.1) is 10.7 Å². The molecule has 0 unspecified atom stereocenters. The molecule has 3 heteroatoms. The minimum atomic E-state index is -1.31. The molecule has 1 nitrogen and oxygen atoms in total. The van der Waals surface area contributed by atoms with Crippen LogP contribution < -0.4 is 0 Å². The van der Waals surface area contributed by atoms with Gasteiger partial charge in [-0.25, -0.2) is 4.98 Å². The smallest absolute Gasteiger partial charge is 0.129 e. The zero-order valence-electron chi connectivity index (χ0n) is 8.98. The van der Waals surface area contributed by atoms with Crippen LogP contribution >= 0.6 is 11.6 Å². The number of hydrogen-bond donors (Lipinski definition) is 0. The molecule has 74 valence electrons. The molecule has 0 saturated heterocycles. The molecule has 0 saturated carbocycles. The molecule has 1 aromatic heterocycles. The van der Waals surface area contributed by atoms with Crippen LogP contribution in [0.25, 0.3) is 0 Å². The van der Waals surface area contributed by atoms with Gasteiger partial charge >= 0.3 is 0 Å². The number of halogens is 1. The minimum absolute atomic E-state index is 0.698. The van der Waals surface area contributed by atoms with Gasteiger partial charge < -0.3 is 0 Å². The average molecular weight is 224 g/mol. The number of aromatic nitrogens is 1. The lowest BCUT2D eigenvalue weighted by molar-refractivity contribution is 1.18. The van der Waals surface area contributed by atoms with E-state index in [1.807, 2.05) is 19.1 Å². The standard InChI is InChI=1S/C11H14ClNSi/c1-9-11(12)6-5-10(13-9)7-8-14(2,3)4/h5-6H,1-4H3. The number of rotatable bonds is 0. The lowest BCUT2D eigenvalue weighted by atomic mass is 10.3. The monoisotopic (exact) mass is 223 g/mol. The summed E-state index contributed by atoms with van der Waals surface area (Å²) in [5, 5.41) is 0.698. The molecule has 0 aromatic carbocycles.